The molecule has 1 aliphatic heterocycles. The number of rotatable bonds is 3. The summed E-state index contributed by atoms with van der Waals surface area (Å²) in [6.45, 7) is 5.99. The van der Waals surface area contributed by atoms with Crippen molar-refractivity contribution in [1.29, 1.82) is 0 Å². The maximum Gasteiger partial charge on any atom is 0.273 e. The van der Waals surface area contributed by atoms with Crippen molar-refractivity contribution in [3.63, 3.8) is 0 Å². The van der Waals surface area contributed by atoms with E-state index in [2.05, 4.69) is 13.8 Å². The number of nitro groups is 1. The molecule has 1 atom stereocenters. The molecule has 92 valence electrons. The molecule has 0 amide bonds. The van der Waals surface area contributed by atoms with Crippen molar-refractivity contribution >= 4 is 5.69 Å². The van der Waals surface area contributed by atoms with Crippen LogP contribution in [-0.2, 0) is 0 Å². The van der Waals surface area contributed by atoms with E-state index in [0.717, 1.165) is 6.42 Å². The largest absolute Gasteiger partial charge is 0.449 e. The Morgan fingerprint density at radius 3 is 2.59 bits per heavy atom. The second-order valence-electron chi connectivity index (χ2n) is 4.82. The number of fused-ring (bicyclic) bond motifs is 1. The summed E-state index contributed by atoms with van der Waals surface area (Å²) >= 11 is 0. The molecule has 2 rings (SSSR count). The van der Waals surface area contributed by atoms with Crippen molar-refractivity contribution in [3.05, 3.63) is 28.3 Å². The fraction of sp³-hybridized carbons (Fsp3) is 0.500. The first-order chi connectivity index (χ1) is 7.89. The summed E-state index contributed by atoms with van der Waals surface area (Å²) in [4.78, 5) is 10.2. The molecular weight excluding hydrogens is 222 g/mol. The lowest BCUT2D eigenvalue weighted by Gasteiger charge is -2.24. The molecule has 0 radical (unpaired) electrons. The summed E-state index contributed by atoms with van der Waals surface area (Å²) in [6.07, 6.45) is 0.732. The Morgan fingerprint density at radius 2 is 2.00 bits per heavy atom. The number of non-ortho nitro benzene ring substituents is 1. The van der Waals surface area contributed by atoms with Crippen LogP contribution in [0.5, 0.6) is 11.5 Å². The van der Waals surface area contributed by atoms with Crippen LogP contribution in [0.4, 0.5) is 5.69 Å². The van der Waals surface area contributed by atoms with Crippen molar-refractivity contribution in [2.75, 3.05) is 0 Å². The Kier molecular flexibility index (Phi) is 2.69. The first-order valence-electron chi connectivity index (χ1n) is 5.56. The van der Waals surface area contributed by atoms with Gasteiger partial charge in [-0.05, 0) is 12.0 Å². The van der Waals surface area contributed by atoms with Crippen molar-refractivity contribution in [2.24, 2.45) is 5.92 Å². The topological polar surface area (TPSA) is 61.6 Å². The minimum absolute atomic E-state index is 0.0150. The zero-order valence-corrected chi connectivity index (χ0v) is 10.1. The molecule has 1 aromatic rings. The van der Waals surface area contributed by atoms with E-state index in [9.17, 15) is 10.1 Å². The molecule has 5 nitrogen and oxygen atoms in total. The average molecular weight is 237 g/mol. The number of hydrogen-bond donors (Lipinski definition) is 0. The Balaban J connectivity index is 2.24. The standard InChI is InChI=1S/C12H15NO4/c1-8(2)7-12(3)16-10-5-4-9(13(14)15)6-11(10)17-12/h4-6,8H,7H2,1-3H3. The Labute approximate surface area is 99.5 Å². The van der Waals surface area contributed by atoms with Crippen molar-refractivity contribution in [3.8, 4) is 11.5 Å². The number of nitrogens with zero attached hydrogens (tertiary/aromatic N) is 1. The van der Waals surface area contributed by atoms with E-state index in [1.165, 1.54) is 12.1 Å². The van der Waals surface area contributed by atoms with Gasteiger partial charge in [0.05, 0.1) is 11.0 Å². The van der Waals surface area contributed by atoms with Gasteiger partial charge in [-0.2, -0.15) is 0 Å². The summed E-state index contributed by atoms with van der Waals surface area (Å²) in [5, 5.41) is 10.6. The first kappa shape index (κ1) is 11.7. The maximum atomic E-state index is 10.6. The van der Waals surface area contributed by atoms with Crippen LogP contribution in [0.15, 0.2) is 18.2 Å². The smallest absolute Gasteiger partial charge is 0.273 e. The van der Waals surface area contributed by atoms with Crippen LogP contribution in [0, 0.1) is 16.0 Å². The highest BCUT2D eigenvalue weighted by atomic mass is 16.7. The molecule has 5 heteroatoms. The predicted octanol–water partition coefficient (Wildman–Crippen LogP) is 3.13. The van der Waals surface area contributed by atoms with E-state index in [4.69, 9.17) is 9.47 Å². The third kappa shape index (κ3) is 2.33. The van der Waals surface area contributed by atoms with E-state index < -0.39 is 10.7 Å². The average Bonchev–Trinajstić information content (AvgIpc) is 2.50. The fourth-order valence-electron chi connectivity index (χ4n) is 2.09. The fourth-order valence-corrected chi connectivity index (χ4v) is 2.09. The van der Waals surface area contributed by atoms with Gasteiger partial charge in [0.1, 0.15) is 0 Å². The minimum Gasteiger partial charge on any atom is -0.449 e. The minimum atomic E-state index is -0.717. The lowest BCUT2D eigenvalue weighted by molar-refractivity contribution is -0.384. The molecule has 1 heterocycles. The van der Waals surface area contributed by atoms with Gasteiger partial charge in [-0.25, -0.2) is 0 Å². The highest BCUT2D eigenvalue weighted by Crippen LogP contribution is 2.43. The second kappa shape index (κ2) is 3.91. The van der Waals surface area contributed by atoms with Gasteiger partial charge in [0.2, 0.25) is 5.79 Å². The number of nitro benzene ring substituents is 1. The van der Waals surface area contributed by atoms with Gasteiger partial charge in [-0.3, -0.25) is 10.1 Å². The van der Waals surface area contributed by atoms with Crippen molar-refractivity contribution < 1.29 is 14.4 Å². The van der Waals surface area contributed by atoms with Gasteiger partial charge in [0, 0.05) is 19.4 Å². The van der Waals surface area contributed by atoms with Crippen LogP contribution < -0.4 is 9.47 Å². The van der Waals surface area contributed by atoms with Crippen molar-refractivity contribution in [2.45, 2.75) is 33.0 Å². The van der Waals surface area contributed by atoms with Gasteiger partial charge in [-0.15, -0.1) is 0 Å². The summed E-state index contributed by atoms with van der Waals surface area (Å²) < 4.78 is 11.4. The Bertz CT molecular complexity index is 458. The van der Waals surface area contributed by atoms with Crippen LogP contribution in [0.2, 0.25) is 0 Å². The number of benzene rings is 1. The molecule has 1 unspecified atom stereocenters. The third-order valence-corrected chi connectivity index (χ3v) is 2.57. The van der Waals surface area contributed by atoms with Crippen LogP contribution >= 0.6 is 0 Å². The van der Waals surface area contributed by atoms with Crippen LogP contribution in [-0.4, -0.2) is 10.7 Å². The lowest BCUT2D eigenvalue weighted by atomic mass is 10.0. The molecular formula is C12H15NO4. The van der Waals surface area contributed by atoms with E-state index in [0.29, 0.717) is 17.4 Å². The van der Waals surface area contributed by atoms with E-state index in [-0.39, 0.29) is 5.69 Å². The SMILES string of the molecule is CC(C)CC1(C)Oc2ccc([N+](=O)[O-])cc2O1. The number of hydrogen-bond acceptors (Lipinski definition) is 4. The molecule has 0 bridgehead atoms. The summed E-state index contributed by atoms with van der Waals surface area (Å²) in [7, 11) is 0. The van der Waals surface area contributed by atoms with E-state index in [1.807, 2.05) is 6.92 Å². The molecule has 1 aliphatic rings. The molecule has 1 aromatic carbocycles. The molecule has 0 aromatic heterocycles. The predicted molar refractivity (Wildman–Crippen MR) is 62.2 cm³/mol. The van der Waals surface area contributed by atoms with E-state index in [1.54, 1.807) is 6.07 Å². The van der Waals surface area contributed by atoms with Gasteiger partial charge in [-0.1, -0.05) is 13.8 Å². The molecule has 0 saturated carbocycles. The zero-order valence-electron chi connectivity index (χ0n) is 10.1. The number of ether oxygens (including phenoxy) is 2. The van der Waals surface area contributed by atoms with Gasteiger partial charge >= 0.3 is 0 Å². The molecule has 0 fully saturated rings. The Morgan fingerprint density at radius 1 is 1.35 bits per heavy atom. The quantitative estimate of drug-likeness (QED) is 0.598. The highest BCUT2D eigenvalue weighted by molar-refractivity contribution is 5.50. The first-order valence-corrected chi connectivity index (χ1v) is 5.56. The molecule has 0 saturated heterocycles. The molecule has 0 aliphatic carbocycles. The van der Waals surface area contributed by atoms with Crippen LogP contribution in [0.3, 0.4) is 0 Å². The molecule has 0 spiro atoms. The molecule has 0 N–H and O–H groups in total. The Hall–Kier alpha value is -1.78. The molecule has 17 heavy (non-hydrogen) atoms. The maximum absolute atomic E-state index is 10.6. The highest BCUT2D eigenvalue weighted by Gasteiger charge is 2.38. The summed E-state index contributed by atoms with van der Waals surface area (Å²) in [5.41, 5.74) is 0.0150. The third-order valence-electron chi connectivity index (χ3n) is 2.57. The normalized spacial score (nSPS) is 21.9. The van der Waals surface area contributed by atoms with Gasteiger partial charge < -0.3 is 9.47 Å². The zero-order chi connectivity index (χ0) is 12.6. The monoisotopic (exact) mass is 237 g/mol. The van der Waals surface area contributed by atoms with Gasteiger partial charge in [0.15, 0.2) is 11.5 Å². The summed E-state index contributed by atoms with van der Waals surface area (Å²) in [5.74, 6) is 0.719. The van der Waals surface area contributed by atoms with Crippen LogP contribution in [0.1, 0.15) is 27.2 Å². The second-order valence-corrected chi connectivity index (χ2v) is 4.82. The summed E-state index contributed by atoms with van der Waals surface area (Å²) in [6, 6.07) is 4.41. The van der Waals surface area contributed by atoms with Crippen molar-refractivity contribution in [1.82, 2.24) is 0 Å². The van der Waals surface area contributed by atoms with E-state index >= 15 is 0 Å². The lowest BCUT2D eigenvalue weighted by Crippen LogP contribution is -2.36. The van der Waals surface area contributed by atoms with Crippen LogP contribution in [0.25, 0.3) is 0 Å². The van der Waals surface area contributed by atoms with Gasteiger partial charge in [0.25, 0.3) is 5.69 Å².